The van der Waals surface area contributed by atoms with Crippen LogP contribution in [0.3, 0.4) is 0 Å². The molecule has 1 heterocycles. The number of rotatable bonds is 6. The Labute approximate surface area is 153 Å². The first-order valence-electron chi connectivity index (χ1n) is 8.64. The fourth-order valence-corrected chi connectivity index (χ4v) is 2.53. The second-order valence-electron chi connectivity index (χ2n) is 6.35. The number of nitrogens with one attached hydrogen (secondary N) is 2. The van der Waals surface area contributed by atoms with Gasteiger partial charge in [0, 0.05) is 23.7 Å². The van der Waals surface area contributed by atoms with Gasteiger partial charge in [0.1, 0.15) is 5.82 Å². The average Bonchev–Trinajstić information content (AvgIpc) is 2.67. The highest BCUT2D eigenvalue weighted by molar-refractivity contribution is 5.95. The maximum atomic E-state index is 12.2. The summed E-state index contributed by atoms with van der Waals surface area (Å²) in [6, 6.07) is 21.4. The molecule has 0 atom stereocenters. The minimum atomic E-state index is -0.0871. The Morgan fingerprint density at radius 3 is 2.46 bits per heavy atom. The van der Waals surface area contributed by atoms with E-state index in [-0.39, 0.29) is 11.9 Å². The molecule has 0 radical (unpaired) electrons. The lowest BCUT2D eigenvalue weighted by Crippen LogP contribution is -2.30. The summed E-state index contributed by atoms with van der Waals surface area (Å²) in [6.07, 6.45) is 0. The van der Waals surface area contributed by atoms with Gasteiger partial charge >= 0.3 is 0 Å². The normalized spacial score (nSPS) is 10.6. The zero-order chi connectivity index (χ0) is 18.4. The number of hydrogen-bond donors (Lipinski definition) is 2. The number of anilines is 1. The number of hydrogen-bond acceptors (Lipinski definition) is 4. The molecule has 5 nitrogen and oxygen atoms in total. The number of benzene rings is 2. The molecule has 0 aliphatic rings. The monoisotopic (exact) mass is 346 g/mol. The molecule has 0 fully saturated rings. The molecule has 0 unspecified atom stereocenters. The van der Waals surface area contributed by atoms with Crippen LogP contribution in [0.25, 0.3) is 11.3 Å². The van der Waals surface area contributed by atoms with Gasteiger partial charge in [-0.3, -0.25) is 4.79 Å². The molecule has 3 aromatic rings. The quantitative estimate of drug-likeness (QED) is 0.710. The molecule has 0 aliphatic carbocycles. The van der Waals surface area contributed by atoms with E-state index >= 15 is 0 Å². The molecule has 0 bridgehead atoms. The van der Waals surface area contributed by atoms with E-state index in [9.17, 15) is 4.79 Å². The van der Waals surface area contributed by atoms with Crippen molar-refractivity contribution >= 4 is 11.7 Å². The van der Waals surface area contributed by atoms with Gasteiger partial charge in [0.15, 0.2) is 0 Å². The molecule has 0 aliphatic heterocycles. The van der Waals surface area contributed by atoms with Gasteiger partial charge in [-0.1, -0.05) is 42.5 Å². The van der Waals surface area contributed by atoms with E-state index in [1.807, 2.05) is 62.4 Å². The minimum Gasteiger partial charge on any atom is -0.365 e. The van der Waals surface area contributed by atoms with Crippen LogP contribution in [0.5, 0.6) is 0 Å². The van der Waals surface area contributed by atoms with Crippen LogP contribution in [0.15, 0.2) is 66.7 Å². The second kappa shape index (κ2) is 8.25. The molecule has 1 aromatic heterocycles. The fraction of sp³-hybridized carbons (Fsp3) is 0.190. The van der Waals surface area contributed by atoms with Crippen molar-refractivity contribution in [3.05, 3.63) is 77.9 Å². The van der Waals surface area contributed by atoms with Crippen LogP contribution in [0.4, 0.5) is 5.82 Å². The van der Waals surface area contributed by atoms with Crippen LogP contribution < -0.4 is 10.6 Å². The van der Waals surface area contributed by atoms with Crippen molar-refractivity contribution in [1.82, 2.24) is 15.5 Å². The highest BCUT2D eigenvalue weighted by atomic mass is 16.1. The average molecular weight is 346 g/mol. The second-order valence-corrected chi connectivity index (χ2v) is 6.35. The molecule has 2 N–H and O–H groups in total. The summed E-state index contributed by atoms with van der Waals surface area (Å²) in [6.45, 7) is 4.57. The molecule has 0 saturated heterocycles. The molecule has 0 spiro atoms. The van der Waals surface area contributed by atoms with Crippen molar-refractivity contribution in [2.24, 2.45) is 0 Å². The van der Waals surface area contributed by atoms with Crippen molar-refractivity contribution in [3.8, 4) is 11.3 Å². The van der Waals surface area contributed by atoms with Gasteiger partial charge in [0.25, 0.3) is 5.91 Å². The Kier molecular flexibility index (Phi) is 5.59. The van der Waals surface area contributed by atoms with E-state index in [1.165, 1.54) is 5.56 Å². The summed E-state index contributed by atoms with van der Waals surface area (Å²) in [5, 5.41) is 14.7. The van der Waals surface area contributed by atoms with Crippen molar-refractivity contribution in [1.29, 1.82) is 0 Å². The van der Waals surface area contributed by atoms with Crippen molar-refractivity contribution < 1.29 is 4.79 Å². The Morgan fingerprint density at radius 2 is 1.77 bits per heavy atom. The number of aromatic nitrogens is 2. The third-order valence-corrected chi connectivity index (χ3v) is 3.82. The number of nitrogens with zero attached hydrogens (tertiary/aromatic N) is 2. The number of carbonyl (C=O) groups is 1. The predicted octanol–water partition coefficient (Wildman–Crippen LogP) is 3.89. The lowest BCUT2D eigenvalue weighted by Gasteiger charge is -2.09. The lowest BCUT2D eigenvalue weighted by atomic mass is 10.1. The summed E-state index contributed by atoms with van der Waals surface area (Å²) >= 11 is 0. The summed E-state index contributed by atoms with van der Waals surface area (Å²) in [5.74, 6) is 0.627. The van der Waals surface area contributed by atoms with Crippen molar-refractivity contribution in [2.45, 2.75) is 26.4 Å². The van der Waals surface area contributed by atoms with Gasteiger partial charge in [0.05, 0.1) is 5.69 Å². The van der Waals surface area contributed by atoms with E-state index in [0.717, 1.165) is 11.3 Å². The van der Waals surface area contributed by atoms with Gasteiger partial charge in [-0.2, -0.15) is 0 Å². The highest BCUT2D eigenvalue weighted by Gasteiger charge is 2.09. The van der Waals surface area contributed by atoms with Crippen LogP contribution in [0.1, 0.15) is 29.8 Å². The van der Waals surface area contributed by atoms with E-state index in [4.69, 9.17) is 0 Å². The topological polar surface area (TPSA) is 66.9 Å². The van der Waals surface area contributed by atoms with E-state index < -0.39 is 0 Å². The van der Waals surface area contributed by atoms with Crippen LogP contribution >= 0.6 is 0 Å². The van der Waals surface area contributed by atoms with Crippen LogP contribution in [-0.4, -0.2) is 22.1 Å². The molecular formula is C21H22N4O. The van der Waals surface area contributed by atoms with E-state index in [2.05, 4.69) is 33.0 Å². The SMILES string of the molecule is CC(C)NC(=O)c1cccc(-c2ccc(NCc3ccccc3)nn2)c1. The van der Waals surface area contributed by atoms with Crippen LogP contribution in [-0.2, 0) is 6.54 Å². The predicted molar refractivity (Wildman–Crippen MR) is 104 cm³/mol. The van der Waals surface area contributed by atoms with Gasteiger partial charge in [0.2, 0.25) is 0 Å². The summed E-state index contributed by atoms with van der Waals surface area (Å²) in [4.78, 5) is 12.2. The maximum Gasteiger partial charge on any atom is 0.251 e. The van der Waals surface area contributed by atoms with Crippen LogP contribution in [0.2, 0.25) is 0 Å². The highest BCUT2D eigenvalue weighted by Crippen LogP contribution is 2.19. The molecular weight excluding hydrogens is 324 g/mol. The first-order chi connectivity index (χ1) is 12.6. The standard InChI is InChI=1S/C21H22N4O/c1-15(2)23-21(26)18-10-6-9-17(13-18)19-11-12-20(25-24-19)22-14-16-7-4-3-5-8-16/h3-13,15H,14H2,1-2H3,(H,22,25)(H,23,26). The summed E-state index contributed by atoms with van der Waals surface area (Å²) in [7, 11) is 0. The van der Waals surface area contributed by atoms with Crippen molar-refractivity contribution in [2.75, 3.05) is 5.32 Å². The zero-order valence-corrected chi connectivity index (χ0v) is 14.9. The smallest absolute Gasteiger partial charge is 0.251 e. The minimum absolute atomic E-state index is 0.0871. The van der Waals surface area contributed by atoms with Gasteiger partial charge in [-0.05, 0) is 43.7 Å². The summed E-state index contributed by atoms with van der Waals surface area (Å²) in [5.41, 5.74) is 3.39. The molecule has 132 valence electrons. The molecule has 5 heteroatoms. The lowest BCUT2D eigenvalue weighted by molar-refractivity contribution is 0.0943. The largest absolute Gasteiger partial charge is 0.365 e. The third kappa shape index (κ3) is 4.66. The van der Waals surface area contributed by atoms with E-state index in [0.29, 0.717) is 17.9 Å². The zero-order valence-electron chi connectivity index (χ0n) is 14.9. The van der Waals surface area contributed by atoms with Gasteiger partial charge < -0.3 is 10.6 Å². The molecule has 3 rings (SSSR count). The first kappa shape index (κ1) is 17.6. The molecule has 2 aromatic carbocycles. The molecule has 26 heavy (non-hydrogen) atoms. The van der Waals surface area contributed by atoms with Gasteiger partial charge in [-0.15, -0.1) is 10.2 Å². The Balaban J connectivity index is 1.69. The summed E-state index contributed by atoms with van der Waals surface area (Å²) < 4.78 is 0. The Hall–Kier alpha value is -3.21. The van der Waals surface area contributed by atoms with Crippen molar-refractivity contribution in [3.63, 3.8) is 0 Å². The van der Waals surface area contributed by atoms with E-state index in [1.54, 1.807) is 6.07 Å². The van der Waals surface area contributed by atoms with Crippen LogP contribution in [0, 0.1) is 0 Å². The number of carbonyl (C=O) groups excluding carboxylic acids is 1. The number of amides is 1. The third-order valence-electron chi connectivity index (χ3n) is 3.82. The fourth-order valence-electron chi connectivity index (χ4n) is 2.53. The molecule has 0 saturated carbocycles. The Bertz CT molecular complexity index is 861. The first-order valence-corrected chi connectivity index (χ1v) is 8.64. The van der Waals surface area contributed by atoms with Gasteiger partial charge in [-0.25, -0.2) is 0 Å². The molecule has 1 amide bonds. The maximum absolute atomic E-state index is 12.2. The Morgan fingerprint density at radius 1 is 0.962 bits per heavy atom.